The smallest absolute Gasteiger partial charge is 0.260 e. The molecule has 7 heteroatoms. The van der Waals surface area contributed by atoms with Crippen molar-refractivity contribution in [3.05, 3.63) is 78.1 Å². The Kier molecular flexibility index (Phi) is 8.09. The second-order valence-electron chi connectivity index (χ2n) is 7.89. The molecule has 0 unspecified atom stereocenters. The third-order valence-corrected chi connectivity index (χ3v) is 6.36. The van der Waals surface area contributed by atoms with E-state index in [4.69, 9.17) is 14.5 Å². The zero-order chi connectivity index (χ0) is 23.8. The monoisotopic (exact) mass is 475 g/mol. The van der Waals surface area contributed by atoms with Gasteiger partial charge in [0.15, 0.2) is 5.13 Å². The van der Waals surface area contributed by atoms with Crippen molar-refractivity contribution in [1.29, 1.82) is 0 Å². The number of pyridine rings is 1. The number of carbonyl (C=O) groups is 1. The van der Waals surface area contributed by atoms with Gasteiger partial charge in [-0.3, -0.25) is 14.7 Å². The second-order valence-corrected chi connectivity index (χ2v) is 8.90. The van der Waals surface area contributed by atoms with Gasteiger partial charge in [-0.25, -0.2) is 4.98 Å². The molecule has 34 heavy (non-hydrogen) atoms. The molecule has 0 spiro atoms. The third-order valence-electron chi connectivity index (χ3n) is 5.32. The number of carbonyl (C=O) groups excluding carboxylic acids is 1. The number of rotatable bonds is 11. The molecule has 0 radical (unpaired) electrons. The summed E-state index contributed by atoms with van der Waals surface area (Å²) in [5.41, 5.74) is 2.35. The topological polar surface area (TPSA) is 64.5 Å². The van der Waals surface area contributed by atoms with Gasteiger partial charge in [0, 0.05) is 18.0 Å². The number of unbranched alkanes of at least 4 members (excludes halogenated alkanes) is 2. The molecular formula is C27H29N3O3S. The molecule has 4 rings (SSSR count). The van der Waals surface area contributed by atoms with Gasteiger partial charge in [-0.15, -0.1) is 0 Å². The molecule has 2 aromatic heterocycles. The molecule has 0 fully saturated rings. The standard InChI is InChI=1S/C27H29N3O3S/c1-3-5-6-16-33-22-11-9-21(10-12-22)26(31)30(19-20-8-7-15-28-18-20)27-29-24-14-13-23(32-4-2)17-25(24)34-27/h7-15,17-18H,3-6,16,19H2,1-2H3. The Bertz CT molecular complexity index is 1210. The summed E-state index contributed by atoms with van der Waals surface area (Å²) in [6, 6.07) is 17.0. The lowest BCUT2D eigenvalue weighted by molar-refractivity contribution is 0.0985. The third kappa shape index (κ3) is 5.91. The molecule has 2 aromatic carbocycles. The van der Waals surface area contributed by atoms with Crippen molar-refractivity contribution >= 4 is 32.6 Å². The lowest BCUT2D eigenvalue weighted by Crippen LogP contribution is -2.30. The number of nitrogens with zero attached hydrogens (tertiary/aromatic N) is 3. The Hall–Kier alpha value is -3.45. The second kappa shape index (κ2) is 11.6. The Morgan fingerprint density at radius 1 is 1.00 bits per heavy atom. The number of benzene rings is 2. The van der Waals surface area contributed by atoms with Crippen LogP contribution in [0.15, 0.2) is 67.0 Å². The average Bonchev–Trinajstić information content (AvgIpc) is 3.29. The summed E-state index contributed by atoms with van der Waals surface area (Å²) in [6.07, 6.45) is 6.82. The molecule has 1 amide bonds. The first-order valence-electron chi connectivity index (χ1n) is 11.6. The number of aromatic nitrogens is 2. The van der Waals surface area contributed by atoms with E-state index in [0.29, 0.717) is 30.5 Å². The first kappa shape index (κ1) is 23.7. The first-order valence-corrected chi connectivity index (χ1v) is 12.5. The van der Waals surface area contributed by atoms with Gasteiger partial charge in [0.05, 0.1) is 30.0 Å². The van der Waals surface area contributed by atoms with Crippen LogP contribution in [0, 0.1) is 0 Å². The Balaban J connectivity index is 1.59. The number of ether oxygens (including phenoxy) is 2. The van der Waals surface area contributed by atoms with Gasteiger partial charge in [-0.1, -0.05) is 37.2 Å². The normalized spacial score (nSPS) is 10.9. The highest BCUT2D eigenvalue weighted by atomic mass is 32.1. The quantitative estimate of drug-likeness (QED) is 0.232. The van der Waals surface area contributed by atoms with Gasteiger partial charge >= 0.3 is 0 Å². The summed E-state index contributed by atoms with van der Waals surface area (Å²) < 4.78 is 12.4. The number of anilines is 1. The zero-order valence-electron chi connectivity index (χ0n) is 19.6. The summed E-state index contributed by atoms with van der Waals surface area (Å²) >= 11 is 1.48. The fourth-order valence-corrected chi connectivity index (χ4v) is 4.55. The molecule has 176 valence electrons. The first-order chi connectivity index (χ1) is 16.7. The molecule has 2 heterocycles. The van der Waals surface area contributed by atoms with Crippen LogP contribution in [0.1, 0.15) is 49.0 Å². The van der Waals surface area contributed by atoms with E-state index in [1.165, 1.54) is 11.3 Å². The average molecular weight is 476 g/mol. The minimum Gasteiger partial charge on any atom is -0.494 e. The maximum absolute atomic E-state index is 13.6. The maximum Gasteiger partial charge on any atom is 0.260 e. The fraction of sp³-hybridized carbons (Fsp3) is 0.296. The van der Waals surface area contributed by atoms with Gasteiger partial charge < -0.3 is 9.47 Å². The molecule has 0 saturated heterocycles. The number of amides is 1. The minimum atomic E-state index is -0.120. The molecule has 4 aromatic rings. The largest absolute Gasteiger partial charge is 0.494 e. The van der Waals surface area contributed by atoms with Gasteiger partial charge in [-0.05, 0) is 67.4 Å². The summed E-state index contributed by atoms with van der Waals surface area (Å²) in [5.74, 6) is 1.45. The van der Waals surface area contributed by atoms with Gasteiger partial charge in [-0.2, -0.15) is 0 Å². The van der Waals surface area contributed by atoms with E-state index in [0.717, 1.165) is 46.5 Å². The summed E-state index contributed by atoms with van der Waals surface area (Å²) in [4.78, 5) is 24.3. The highest BCUT2D eigenvalue weighted by molar-refractivity contribution is 7.22. The van der Waals surface area contributed by atoms with Gasteiger partial charge in [0.2, 0.25) is 0 Å². The van der Waals surface area contributed by atoms with Crippen LogP contribution in [0.2, 0.25) is 0 Å². The Labute approximate surface area is 204 Å². The predicted octanol–water partition coefficient (Wildman–Crippen LogP) is 6.51. The number of hydrogen-bond acceptors (Lipinski definition) is 6. The molecule has 0 bridgehead atoms. The summed E-state index contributed by atoms with van der Waals surface area (Å²) in [5, 5.41) is 0.636. The van der Waals surface area contributed by atoms with E-state index in [-0.39, 0.29) is 5.91 Å². The molecular weight excluding hydrogens is 446 g/mol. The van der Waals surface area contributed by atoms with Crippen molar-refractivity contribution in [2.45, 2.75) is 39.7 Å². The van der Waals surface area contributed by atoms with Crippen LogP contribution in [0.3, 0.4) is 0 Å². The van der Waals surface area contributed by atoms with Crippen molar-refractivity contribution in [2.75, 3.05) is 18.1 Å². The van der Waals surface area contributed by atoms with E-state index < -0.39 is 0 Å². The summed E-state index contributed by atoms with van der Waals surface area (Å²) in [7, 11) is 0. The van der Waals surface area contributed by atoms with Gasteiger partial charge in [0.25, 0.3) is 5.91 Å². The van der Waals surface area contributed by atoms with Crippen molar-refractivity contribution in [1.82, 2.24) is 9.97 Å². The Morgan fingerprint density at radius 2 is 1.82 bits per heavy atom. The fourth-order valence-electron chi connectivity index (χ4n) is 3.56. The van der Waals surface area contributed by atoms with Crippen molar-refractivity contribution in [2.24, 2.45) is 0 Å². The highest BCUT2D eigenvalue weighted by Gasteiger charge is 2.22. The molecule has 0 atom stereocenters. The highest BCUT2D eigenvalue weighted by Crippen LogP contribution is 2.33. The van der Waals surface area contributed by atoms with E-state index in [1.807, 2.05) is 61.5 Å². The number of thiazole rings is 1. The van der Waals surface area contributed by atoms with Crippen LogP contribution in [0.25, 0.3) is 10.2 Å². The van der Waals surface area contributed by atoms with E-state index >= 15 is 0 Å². The van der Waals surface area contributed by atoms with Crippen LogP contribution in [0.4, 0.5) is 5.13 Å². The van der Waals surface area contributed by atoms with E-state index in [9.17, 15) is 4.79 Å². The van der Waals surface area contributed by atoms with Crippen molar-refractivity contribution in [3.8, 4) is 11.5 Å². The van der Waals surface area contributed by atoms with Gasteiger partial charge in [0.1, 0.15) is 11.5 Å². The van der Waals surface area contributed by atoms with Crippen LogP contribution in [-0.2, 0) is 6.54 Å². The molecule has 6 nitrogen and oxygen atoms in total. The lowest BCUT2D eigenvalue weighted by Gasteiger charge is -2.20. The van der Waals surface area contributed by atoms with Crippen molar-refractivity contribution in [3.63, 3.8) is 0 Å². The molecule has 0 aliphatic rings. The van der Waals surface area contributed by atoms with Crippen LogP contribution in [0.5, 0.6) is 11.5 Å². The van der Waals surface area contributed by atoms with Crippen LogP contribution in [-0.4, -0.2) is 29.1 Å². The molecule has 0 aliphatic carbocycles. The molecule has 0 saturated carbocycles. The Morgan fingerprint density at radius 3 is 2.56 bits per heavy atom. The zero-order valence-corrected chi connectivity index (χ0v) is 20.4. The van der Waals surface area contributed by atoms with Crippen LogP contribution >= 0.6 is 11.3 Å². The number of fused-ring (bicyclic) bond motifs is 1. The molecule has 0 N–H and O–H groups in total. The van der Waals surface area contributed by atoms with Crippen molar-refractivity contribution < 1.29 is 14.3 Å². The summed E-state index contributed by atoms with van der Waals surface area (Å²) in [6.45, 7) is 5.78. The minimum absolute atomic E-state index is 0.120. The van der Waals surface area contributed by atoms with E-state index in [2.05, 4.69) is 11.9 Å². The van der Waals surface area contributed by atoms with E-state index in [1.54, 1.807) is 17.3 Å². The van der Waals surface area contributed by atoms with Crippen LogP contribution < -0.4 is 14.4 Å². The SMILES string of the molecule is CCCCCOc1ccc(C(=O)N(Cc2cccnc2)c2nc3ccc(OCC)cc3s2)cc1. The number of hydrogen-bond donors (Lipinski definition) is 0. The lowest BCUT2D eigenvalue weighted by atomic mass is 10.1. The molecule has 0 aliphatic heterocycles. The maximum atomic E-state index is 13.6. The predicted molar refractivity (Wildman–Crippen MR) is 137 cm³/mol.